The molecule has 130 valence electrons. The molecule has 0 bridgehead atoms. The van der Waals surface area contributed by atoms with Crippen LogP contribution < -0.4 is 4.90 Å². The highest BCUT2D eigenvalue weighted by Gasteiger charge is 2.24. The number of aromatic nitrogens is 4. The molecule has 6 nitrogen and oxygen atoms in total. The minimum absolute atomic E-state index is 0.287. The van der Waals surface area contributed by atoms with Gasteiger partial charge in [0.2, 0.25) is 0 Å². The number of benzene rings is 1. The van der Waals surface area contributed by atoms with Crippen LogP contribution in [-0.2, 0) is 11.2 Å². The van der Waals surface area contributed by atoms with Crippen molar-refractivity contribution >= 4 is 11.5 Å². The van der Waals surface area contributed by atoms with Gasteiger partial charge in [0, 0.05) is 19.7 Å². The van der Waals surface area contributed by atoms with Gasteiger partial charge in [-0.05, 0) is 43.9 Å². The molecule has 1 aromatic carbocycles. The van der Waals surface area contributed by atoms with E-state index in [-0.39, 0.29) is 6.10 Å². The van der Waals surface area contributed by atoms with Crippen molar-refractivity contribution in [2.75, 3.05) is 24.6 Å². The van der Waals surface area contributed by atoms with E-state index in [1.807, 2.05) is 19.1 Å². The number of hydrogen-bond donors (Lipinski definition) is 0. The molecule has 3 aromatic rings. The third-order valence-corrected chi connectivity index (χ3v) is 4.68. The van der Waals surface area contributed by atoms with E-state index in [1.54, 1.807) is 4.52 Å². The van der Waals surface area contributed by atoms with E-state index in [1.165, 1.54) is 5.56 Å². The van der Waals surface area contributed by atoms with Gasteiger partial charge in [-0.1, -0.05) is 30.3 Å². The zero-order valence-electron chi connectivity index (χ0n) is 14.5. The van der Waals surface area contributed by atoms with Crippen molar-refractivity contribution in [3.63, 3.8) is 0 Å². The van der Waals surface area contributed by atoms with Crippen LogP contribution >= 0.6 is 0 Å². The molecule has 4 rings (SSSR count). The number of aryl methyl sites for hydroxylation is 2. The first-order valence-electron chi connectivity index (χ1n) is 8.89. The average Bonchev–Trinajstić information content (AvgIpc) is 3.27. The first-order chi connectivity index (χ1) is 12.3. The molecule has 0 amide bonds. The highest BCUT2D eigenvalue weighted by molar-refractivity contribution is 5.46. The van der Waals surface area contributed by atoms with Gasteiger partial charge in [-0.2, -0.15) is 4.52 Å². The molecule has 1 fully saturated rings. The van der Waals surface area contributed by atoms with Crippen LogP contribution in [0.1, 0.15) is 24.2 Å². The fourth-order valence-corrected chi connectivity index (χ4v) is 3.30. The first-order valence-corrected chi connectivity index (χ1v) is 8.89. The molecule has 1 aliphatic heterocycles. The maximum Gasteiger partial charge on any atom is 0.178 e. The summed E-state index contributed by atoms with van der Waals surface area (Å²) in [5, 5.41) is 12.8. The second kappa shape index (κ2) is 7.19. The predicted molar refractivity (Wildman–Crippen MR) is 96.9 cm³/mol. The maximum atomic E-state index is 6.07. The lowest BCUT2D eigenvalue weighted by Crippen LogP contribution is -2.24. The molecule has 25 heavy (non-hydrogen) atoms. The van der Waals surface area contributed by atoms with E-state index >= 15 is 0 Å². The lowest BCUT2D eigenvalue weighted by Gasteiger charge is -2.17. The molecule has 1 aliphatic rings. The Morgan fingerprint density at radius 1 is 1.12 bits per heavy atom. The highest BCUT2D eigenvalue weighted by Crippen LogP contribution is 2.20. The molecule has 0 unspecified atom stereocenters. The summed E-state index contributed by atoms with van der Waals surface area (Å²) in [6.45, 7) is 4.60. The van der Waals surface area contributed by atoms with Crippen LogP contribution in [0.3, 0.4) is 0 Å². The predicted octanol–water partition coefficient (Wildman–Crippen LogP) is 2.66. The molecule has 1 atom stereocenters. The van der Waals surface area contributed by atoms with Gasteiger partial charge in [-0.25, -0.2) is 0 Å². The fourth-order valence-electron chi connectivity index (χ4n) is 3.30. The average molecular weight is 337 g/mol. The van der Waals surface area contributed by atoms with E-state index in [9.17, 15) is 0 Å². The van der Waals surface area contributed by atoms with Crippen LogP contribution in [0.2, 0.25) is 0 Å². The summed E-state index contributed by atoms with van der Waals surface area (Å²) in [7, 11) is 0. The molecule has 0 radical (unpaired) electrons. The lowest BCUT2D eigenvalue weighted by atomic mass is 10.1. The molecular weight excluding hydrogens is 314 g/mol. The third-order valence-electron chi connectivity index (χ3n) is 4.68. The summed E-state index contributed by atoms with van der Waals surface area (Å²) in [5.41, 5.74) is 2.16. The molecular formula is C19H23N5O. The van der Waals surface area contributed by atoms with Crippen molar-refractivity contribution in [1.82, 2.24) is 19.8 Å². The Hall–Kier alpha value is -2.47. The zero-order chi connectivity index (χ0) is 17.1. The van der Waals surface area contributed by atoms with Gasteiger partial charge in [0.05, 0.1) is 6.10 Å². The van der Waals surface area contributed by atoms with E-state index < -0.39 is 0 Å². The minimum atomic E-state index is 0.287. The zero-order valence-corrected chi connectivity index (χ0v) is 14.5. The number of anilines is 1. The Kier molecular flexibility index (Phi) is 4.61. The lowest BCUT2D eigenvalue weighted by molar-refractivity contribution is 0.0666. The SMILES string of the molecule is Cc1nnc2ccc(N3CC[C@@H](OCCCc4ccccc4)C3)nn12. The van der Waals surface area contributed by atoms with Crippen LogP contribution in [-0.4, -0.2) is 45.6 Å². The summed E-state index contributed by atoms with van der Waals surface area (Å²) in [6.07, 6.45) is 3.47. The second-order valence-corrected chi connectivity index (χ2v) is 6.53. The molecule has 0 aliphatic carbocycles. The summed E-state index contributed by atoms with van der Waals surface area (Å²) < 4.78 is 7.87. The van der Waals surface area contributed by atoms with Gasteiger partial charge in [-0.3, -0.25) is 0 Å². The first kappa shape index (κ1) is 16.0. The van der Waals surface area contributed by atoms with E-state index in [2.05, 4.69) is 50.5 Å². The summed E-state index contributed by atoms with van der Waals surface area (Å²) >= 11 is 0. The van der Waals surface area contributed by atoms with E-state index in [0.29, 0.717) is 0 Å². The highest BCUT2D eigenvalue weighted by atomic mass is 16.5. The molecule has 3 heterocycles. The summed E-state index contributed by atoms with van der Waals surface area (Å²) in [5.74, 6) is 1.77. The normalized spacial score (nSPS) is 17.5. The minimum Gasteiger partial charge on any atom is -0.376 e. The summed E-state index contributed by atoms with van der Waals surface area (Å²) in [4.78, 5) is 2.28. The standard InChI is InChI=1S/C19H23N5O/c1-15-20-21-18-9-10-19(22-24(15)18)23-12-11-17(14-23)25-13-5-8-16-6-3-2-4-7-16/h2-4,6-7,9-10,17H,5,8,11-14H2,1H3/t17-/m1/s1. The van der Waals surface area contributed by atoms with Crippen LogP contribution in [0.15, 0.2) is 42.5 Å². The van der Waals surface area contributed by atoms with Gasteiger partial charge in [-0.15, -0.1) is 15.3 Å². The smallest absolute Gasteiger partial charge is 0.178 e. The quantitative estimate of drug-likeness (QED) is 0.647. The van der Waals surface area contributed by atoms with Crippen LogP contribution in [0, 0.1) is 6.92 Å². The van der Waals surface area contributed by atoms with Crippen molar-refractivity contribution in [1.29, 1.82) is 0 Å². The number of fused-ring (bicyclic) bond motifs is 1. The van der Waals surface area contributed by atoms with Gasteiger partial charge in [0.15, 0.2) is 11.5 Å². The Bertz CT molecular complexity index is 832. The number of hydrogen-bond acceptors (Lipinski definition) is 5. The molecule has 2 aromatic heterocycles. The number of rotatable bonds is 6. The van der Waals surface area contributed by atoms with Gasteiger partial charge >= 0.3 is 0 Å². The molecule has 0 saturated carbocycles. The van der Waals surface area contributed by atoms with Crippen molar-refractivity contribution in [2.24, 2.45) is 0 Å². The van der Waals surface area contributed by atoms with Gasteiger partial charge in [0.1, 0.15) is 5.82 Å². The molecule has 1 saturated heterocycles. The van der Waals surface area contributed by atoms with Crippen molar-refractivity contribution in [3.8, 4) is 0 Å². The Labute approximate surface area is 147 Å². The van der Waals surface area contributed by atoms with Gasteiger partial charge < -0.3 is 9.64 Å². The van der Waals surface area contributed by atoms with Crippen molar-refractivity contribution in [3.05, 3.63) is 53.9 Å². The number of nitrogens with zero attached hydrogens (tertiary/aromatic N) is 5. The maximum absolute atomic E-state index is 6.07. The Balaban J connectivity index is 1.28. The molecule has 0 N–H and O–H groups in total. The topological polar surface area (TPSA) is 55.5 Å². The van der Waals surface area contributed by atoms with Gasteiger partial charge in [0.25, 0.3) is 0 Å². The van der Waals surface area contributed by atoms with E-state index in [0.717, 1.165) is 56.2 Å². The van der Waals surface area contributed by atoms with Crippen LogP contribution in [0.25, 0.3) is 5.65 Å². The van der Waals surface area contributed by atoms with Crippen molar-refractivity contribution in [2.45, 2.75) is 32.3 Å². The fraction of sp³-hybridized carbons (Fsp3) is 0.421. The monoisotopic (exact) mass is 337 g/mol. The Morgan fingerprint density at radius 2 is 2.00 bits per heavy atom. The third kappa shape index (κ3) is 3.64. The largest absolute Gasteiger partial charge is 0.376 e. The van der Waals surface area contributed by atoms with Crippen molar-refractivity contribution < 1.29 is 4.74 Å². The molecule has 0 spiro atoms. The van der Waals surface area contributed by atoms with Crippen LogP contribution in [0.4, 0.5) is 5.82 Å². The second-order valence-electron chi connectivity index (χ2n) is 6.53. The Morgan fingerprint density at radius 3 is 2.88 bits per heavy atom. The van der Waals surface area contributed by atoms with Crippen LogP contribution in [0.5, 0.6) is 0 Å². The molecule has 6 heteroatoms. The van der Waals surface area contributed by atoms with E-state index in [4.69, 9.17) is 4.74 Å². The number of ether oxygens (including phenoxy) is 1. The summed E-state index contributed by atoms with van der Waals surface area (Å²) in [6, 6.07) is 14.6.